The number of hydrogen-bond acceptors (Lipinski definition) is 5. The van der Waals surface area contributed by atoms with Gasteiger partial charge in [0.25, 0.3) is 5.91 Å². The van der Waals surface area contributed by atoms with Crippen LogP contribution in [0.3, 0.4) is 0 Å². The molecule has 3 aromatic rings. The van der Waals surface area contributed by atoms with Gasteiger partial charge in [-0.25, -0.2) is 4.99 Å². The summed E-state index contributed by atoms with van der Waals surface area (Å²) in [6, 6.07) is 16.3. The summed E-state index contributed by atoms with van der Waals surface area (Å²) >= 11 is 7.56. The molecule has 0 aliphatic carbocycles. The van der Waals surface area contributed by atoms with Gasteiger partial charge in [0.05, 0.1) is 23.8 Å². The molecule has 2 aromatic carbocycles. The third kappa shape index (κ3) is 4.89. The van der Waals surface area contributed by atoms with Gasteiger partial charge in [-0.1, -0.05) is 17.7 Å². The highest BCUT2D eigenvalue weighted by molar-refractivity contribution is 8.18. The summed E-state index contributed by atoms with van der Waals surface area (Å²) in [5.74, 6) is -0.145. The molecule has 8 heteroatoms. The SMILES string of the molecule is Cc1c(Cl)cccc1N=C1NC(=O)/C(=C/c2cc(C)n(-c3ccc(N4CCOCC4)cc3)c2C)S1. The second kappa shape index (κ2) is 9.93. The largest absolute Gasteiger partial charge is 0.378 e. The Kier molecular flexibility index (Phi) is 6.73. The van der Waals surface area contributed by atoms with Gasteiger partial charge in [-0.2, -0.15) is 0 Å². The highest BCUT2D eigenvalue weighted by Gasteiger charge is 2.25. The van der Waals surface area contributed by atoms with Crippen molar-refractivity contribution in [2.24, 2.45) is 4.99 Å². The van der Waals surface area contributed by atoms with Crippen LogP contribution < -0.4 is 10.2 Å². The van der Waals surface area contributed by atoms with Gasteiger partial charge in [0.2, 0.25) is 0 Å². The van der Waals surface area contributed by atoms with Crippen LogP contribution in [0.2, 0.25) is 5.02 Å². The summed E-state index contributed by atoms with van der Waals surface area (Å²) in [5.41, 5.74) is 7.15. The van der Waals surface area contributed by atoms with Crippen molar-refractivity contribution in [2.45, 2.75) is 20.8 Å². The van der Waals surface area contributed by atoms with Crippen molar-refractivity contribution >= 4 is 51.9 Å². The molecule has 5 rings (SSSR count). The van der Waals surface area contributed by atoms with E-state index in [-0.39, 0.29) is 5.91 Å². The molecule has 1 amide bonds. The summed E-state index contributed by atoms with van der Waals surface area (Å²) in [5, 5.41) is 4.08. The van der Waals surface area contributed by atoms with Gasteiger partial charge in [0.15, 0.2) is 5.17 Å². The molecule has 0 radical (unpaired) electrons. The van der Waals surface area contributed by atoms with Crippen LogP contribution in [-0.2, 0) is 9.53 Å². The lowest BCUT2D eigenvalue weighted by atomic mass is 10.2. The monoisotopic (exact) mass is 506 g/mol. The first-order valence-electron chi connectivity index (χ1n) is 11.6. The molecule has 0 saturated carbocycles. The number of hydrogen-bond donors (Lipinski definition) is 1. The molecule has 3 heterocycles. The molecule has 1 N–H and O–H groups in total. The number of morpholine rings is 1. The number of ether oxygens (including phenoxy) is 1. The lowest BCUT2D eigenvalue weighted by molar-refractivity contribution is -0.115. The number of thioether (sulfide) groups is 1. The highest BCUT2D eigenvalue weighted by Crippen LogP contribution is 2.32. The molecule has 35 heavy (non-hydrogen) atoms. The van der Waals surface area contributed by atoms with Gasteiger partial charge in [-0.3, -0.25) is 4.79 Å². The van der Waals surface area contributed by atoms with Crippen molar-refractivity contribution in [1.82, 2.24) is 9.88 Å². The van der Waals surface area contributed by atoms with E-state index < -0.39 is 0 Å². The number of halogens is 1. The fourth-order valence-electron chi connectivity index (χ4n) is 4.41. The molecular formula is C27H27ClN4O2S. The Morgan fingerprint density at radius 2 is 1.77 bits per heavy atom. The zero-order valence-corrected chi connectivity index (χ0v) is 21.5. The summed E-state index contributed by atoms with van der Waals surface area (Å²) in [6.45, 7) is 9.46. The van der Waals surface area contributed by atoms with Gasteiger partial charge in [-0.15, -0.1) is 0 Å². The number of carbonyl (C=O) groups excluding carboxylic acids is 1. The van der Waals surface area contributed by atoms with E-state index in [0.717, 1.165) is 60.2 Å². The maximum absolute atomic E-state index is 12.7. The molecule has 0 spiro atoms. The molecule has 6 nitrogen and oxygen atoms in total. The van der Waals surface area contributed by atoms with E-state index in [9.17, 15) is 4.79 Å². The van der Waals surface area contributed by atoms with Gasteiger partial charge >= 0.3 is 0 Å². The maximum atomic E-state index is 12.7. The standard InChI is InChI=1S/C27H27ClN4O2S/c1-17-15-20(16-25-26(33)30-27(35-25)29-24-6-4-5-23(28)18(24)2)19(3)32(17)22-9-7-21(8-10-22)31-11-13-34-14-12-31/h4-10,15-16H,11-14H2,1-3H3,(H,29,30,33)/b25-16-. The number of aromatic nitrogens is 1. The van der Waals surface area contributed by atoms with Crippen LogP contribution in [-0.4, -0.2) is 41.9 Å². The fraction of sp³-hybridized carbons (Fsp3) is 0.259. The Bertz CT molecular complexity index is 1340. The number of aliphatic imine (C=N–C) groups is 1. The van der Waals surface area contributed by atoms with E-state index in [1.54, 1.807) is 0 Å². The van der Waals surface area contributed by atoms with E-state index in [1.807, 2.05) is 31.2 Å². The Labute approximate surface area is 214 Å². The number of aryl methyl sites for hydroxylation is 1. The second-order valence-corrected chi connectivity index (χ2v) is 10.1. The molecule has 0 bridgehead atoms. The number of nitrogens with one attached hydrogen (secondary N) is 1. The minimum atomic E-state index is -0.145. The van der Waals surface area contributed by atoms with E-state index in [1.165, 1.54) is 17.4 Å². The number of rotatable bonds is 4. The predicted molar refractivity (Wildman–Crippen MR) is 145 cm³/mol. The molecular weight excluding hydrogens is 480 g/mol. The molecule has 180 valence electrons. The number of nitrogens with zero attached hydrogens (tertiary/aromatic N) is 3. The molecule has 0 unspecified atom stereocenters. The number of carbonyl (C=O) groups is 1. The van der Waals surface area contributed by atoms with Gasteiger partial charge in [0, 0.05) is 40.9 Å². The minimum Gasteiger partial charge on any atom is -0.378 e. The topological polar surface area (TPSA) is 58.9 Å². The quantitative estimate of drug-likeness (QED) is 0.455. The lowest BCUT2D eigenvalue weighted by Gasteiger charge is -2.29. The van der Waals surface area contributed by atoms with Crippen LogP contribution in [0.25, 0.3) is 11.8 Å². The Hall–Kier alpha value is -3.00. The summed E-state index contributed by atoms with van der Waals surface area (Å²) in [6.07, 6.45) is 1.94. The van der Waals surface area contributed by atoms with Crippen LogP contribution >= 0.6 is 23.4 Å². The lowest BCUT2D eigenvalue weighted by Crippen LogP contribution is -2.36. The van der Waals surface area contributed by atoms with Gasteiger partial charge < -0.3 is 19.5 Å². The van der Waals surface area contributed by atoms with E-state index in [4.69, 9.17) is 16.3 Å². The van der Waals surface area contributed by atoms with Gasteiger partial charge in [-0.05, 0) is 92.2 Å². The molecule has 2 aliphatic rings. The first-order chi connectivity index (χ1) is 16.9. The third-order valence-corrected chi connectivity index (χ3v) is 7.67. The van der Waals surface area contributed by atoms with Crippen LogP contribution in [0.4, 0.5) is 11.4 Å². The van der Waals surface area contributed by atoms with Crippen LogP contribution in [0, 0.1) is 20.8 Å². The highest BCUT2D eigenvalue weighted by atomic mass is 35.5. The first kappa shape index (κ1) is 23.7. The molecule has 2 fully saturated rings. The van der Waals surface area contributed by atoms with Crippen LogP contribution in [0.5, 0.6) is 0 Å². The Morgan fingerprint density at radius 1 is 1.06 bits per heavy atom. The molecule has 1 aromatic heterocycles. The maximum Gasteiger partial charge on any atom is 0.264 e. The molecule has 2 saturated heterocycles. The predicted octanol–water partition coefficient (Wildman–Crippen LogP) is 5.78. The van der Waals surface area contributed by atoms with Crippen molar-refractivity contribution in [2.75, 3.05) is 31.2 Å². The third-order valence-electron chi connectivity index (χ3n) is 6.35. The zero-order chi connectivity index (χ0) is 24.5. The van der Waals surface area contributed by atoms with E-state index in [2.05, 4.69) is 64.0 Å². The fourth-order valence-corrected chi connectivity index (χ4v) is 5.41. The van der Waals surface area contributed by atoms with Crippen LogP contribution in [0.15, 0.2) is 58.4 Å². The zero-order valence-electron chi connectivity index (χ0n) is 20.0. The van der Waals surface area contributed by atoms with Crippen LogP contribution in [0.1, 0.15) is 22.5 Å². The van der Waals surface area contributed by atoms with Crippen molar-refractivity contribution in [3.8, 4) is 5.69 Å². The number of amides is 1. The van der Waals surface area contributed by atoms with Crippen molar-refractivity contribution in [1.29, 1.82) is 0 Å². The second-order valence-electron chi connectivity index (χ2n) is 8.64. The number of benzene rings is 2. The Balaban J connectivity index is 1.39. The van der Waals surface area contributed by atoms with Crippen molar-refractivity contribution < 1.29 is 9.53 Å². The average molecular weight is 507 g/mol. The average Bonchev–Trinajstić information content (AvgIpc) is 3.35. The normalized spacial score (nSPS) is 18.5. The van der Waals surface area contributed by atoms with Crippen molar-refractivity contribution in [3.63, 3.8) is 0 Å². The van der Waals surface area contributed by atoms with Crippen molar-refractivity contribution in [3.05, 3.63) is 81.0 Å². The van der Waals surface area contributed by atoms with E-state index >= 15 is 0 Å². The minimum absolute atomic E-state index is 0.145. The summed E-state index contributed by atoms with van der Waals surface area (Å²) in [4.78, 5) is 20.2. The number of anilines is 1. The summed E-state index contributed by atoms with van der Waals surface area (Å²) < 4.78 is 7.68. The van der Waals surface area contributed by atoms with Gasteiger partial charge in [0.1, 0.15) is 0 Å². The summed E-state index contributed by atoms with van der Waals surface area (Å²) in [7, 11) is 0. The molecule has 2 aliphatic heterocycles. The smallest absolute Gasteiger partial charge is 0.264 e. The Morgan fingerprint density at radius 3 is 2.51 bits per heavy atom. The first-order valence-corrected chi connectivity index (χ1v) is 12.8. The van der Waals surface area contributed by atoms with E-state index in [0.29, 0.717) is 15.1 Å². The molecule has 0 atom stereocenters. The number of amidine groups is 1.